The topological polar surface area (TPSA) is 81.2 Å². The second kappa shape index (κ2) is 9.30. The Morgan fingerprint density at radius 1 is 0.444 bits per heavy atom. The fourth-order valence-electron chi connectivity index (χ4n) is 7.01. The first-order valence-electron chi connectivity index (χ1n) is 14.5. The van der Waals surface area contributed by atoms with Crippen molar-refractivity contribution in [2.75, 3.05) is 0 Å². The minimum absolute atomic E-state index is 0.101. The Kier molecular flexibility index (Phi) is 5.20. The lowest BCUT2D eigenvalue weighted by molar-refractivity contribution is 1.16. The van der Waals surface area contributed by atoms with Crippen LogP contribution in [-0.2, 0) is 0 Å². The summed E-state index contributed by atoms with van der Waals surface area (Å²) in [4.78, 5) is 0. The zero-order valence-electron chi connectivity index (χ0n) is 23.6. The first-order valence-corrected chi connectivity index (χ1v) is 15.3. The Morgan fingerprint density at radius 3 is 1.60 bits per heavy atom. The van der Waals surface area contributed by atoms with Crippen molar-refractivity contribution in [3.05, 3.63) is 132 Å². The molecule has 0 spiro atoms. The molecule has 206 valence electrons. The molecule has 0 aliphatic carbocycles. The van der Waals surface area contributed by atoms with Gasteiger partial charge < -0.3 is 9.13 Å². The van der Waals surface area contributed by atoms with Gasteiger partial charge in [0.15, 0.2) is 0 Å². The molecule has 0 radical (unpaired) electrons. The fraction of sp³-hybridized carbons (Fsp3) is 0. The van der Waals surface area contributed by atoms with E-state index >= 15 is 0 Å². The average Bonchev–Trinajstić information content (AvgIpc) is 3.75. The van der Waals surface area contributed by atoms with Crippen molar-refractivity contribution < 1.29 is 0 Å². The van der Waals surface area contributed by atoms with Crippen LogP contribution in [0.3, 0.4) is 0 Å². The Labute approximate surface area is 260 Å². The van der Waals surface area contributed by atoms with Gasteiger partial charge in [0.2, 0.25) is 0 Å². The summed E-state index contributed by atoms with van der Waals surface area (Å²) in [6.45, 7) is 0. The fourth-order valence-corrected chi connectivity index (χ4v) is 8.42. The van der Waals surface area contributed by atoms with Crippen LogP contribution >= 0.6 is 11.3 Å². The van der Waals surface area contributed by atoms with Crippen molar-refractivity contribution in [1.29, 1.82) is 15.8 Å². The van der Waals surface area contributed by atoms with Gasteiger partial charge in [0.1, 0.15) is 18.2 Å². The van der Waals surface area contributed by atoms with Gasteiger partial charge in [0, 0.05) is 47.4 Å². The lowest BCUT2D eigenvalue weighted by Gasteiger charge is -2.11. The van der Waals surface area contributed by atoms with Gasteiger partial charge in [-0.3, -0.25) is 0 Å². The Bertz CT molecular complexity index is 2850. The van der Waals surface area contributed by atoms with Crippen LogP contribution in [0.2, 0.25) is 0 Å². The van der Waals surface area contributed by atoms with E-state index in [9.17, 15) is 15.8 Å². The molecule has 3 aromatic heterocycles. The predicted octanol–water partition coefficient (Wildman–Crippen LogP) is 9.86. The highest BCUT2D eigenvalue weighted by atomic mass is 32.1. The van der Waals surface area contributed by atoms with Crippen LogP contribution in [0.1, 0.15) is 16.7 Å². The molecule has 0 amide bonds. The van der Waals surface area contributed by atoms with E-state index in [1.54, 1.807) is 23.5 Å². The summed E-state index contributed by atoms with van der Waals surface area (Å²) in [7, 11) is 0. The average molecular weight is 590 g/mol. The zero-order chi connectivity index (χ0) is 30.2. The molecular weight excluding hydrogens is 571 g/mol. The number of hydrogen-bond acceptors (Lipinski definition) is 4. The van der Waals surface area contributed by atoms with Gasteiger partial charge in [0.05, 0.1) is 44.4 Å². The molecule has 6 aromatic carbocycles. The van der Waals surface area contributed by atoms with Gasteiger partial charge in [-0.2, -0.15) is 15.8 Å². The number of nitriles is 3. The highest BCUT2D eigenvalue weighted by molar-refractivity contribution is 7.27. The molecule has 0 saturated heterocycles. The Hall–Kier alpha value is -6.39. The van der Waals surface area contributed by atoms with Gasteiger partial charge in [0.25, 0.3) is 0 Å². The number of para-hydroxylation sites is 3. The van der Waals surface area contributed by atoms with Crippen LogP contribution in [0.25, 0.3) is 75.2 Å². The van der Waals surface area contributed by atoms with Crippen LogP contribution < -0.4 is 0 Å². The van der Waals surface area contributed by atoms with E-state index in [-0.39, 0.29) is 16.7 Å². The van der Waals surface area contributed by atoms with E-state index < -0.39 is 0 Å². The van der Waals surface area contributed by atoms with Gasteiger partial charge >= 0.3 is 0 Å². The van der Waals surface area contributed by atoms with Crippen LogP contribution in [0.15, 0.2) is 115 Å². The summed E-state index contributed by atoms with van der Waals surface area (Å²) in [5, 5.41) is 36.7. The minimum atomic E-state index is 0.101. The molecule has 0 atom stereocenters. The number of thiophene rings is 1. The van der Waals surface area contributed by atoms with E-state index in [2.05, 4.69) is 106 Å². The van der Waals surface area contributed by atoms with E-state index in [1.807, 2.05) is 24.3 Å². The standard InChI is InChI=1S/C39H19N5S/c40-20-23-14-17-33(30(22-42)29(23)21-41)44-32-13-7-5-11-28(32)37-35(44)19-16-26-25-15-18-34-36(38(25)45-39(26)37)27-10-4-6-12-31(27)43(34)24-8-2-1-3-9-24/h1-19H. The molecule has 0 N–H and O–H groups in total. The van der Waals surface area contributed by atoms with Crippen molar-refractivity contribution in [3.63, 3.8) is 0 Å². The first kappa shape index (κ1) is 25.1. The molecule has 0 aliphatic heterocycles. The molecule has 0 bridgehead atoms. The third-order valence-corrected chi connectivity index (χ3v) is 10.1. The van der Waals surface area contributed by atoms with Gasteiger partial charge in [-0.05, 0) is 48.5 Å². The molecule has 0 saturated carbocycles. The molecule has 0 fully saturated rings. The summed E-state index contributed by atoms with van der Waals surface area (Å²) >= 11 is 1.80. The molecule has 6 heteroatoms. The zero-order valence-corrected chi connectivity index (χ0v) is 24.4. The van der Waals surface area contributed by atoms with Crippen molar-refractivity contribution in [2.45, 2.75) is 0 Å². The first-order chi connectivity index (χ1) is 22.2. The largest absolute Gasteiger partial charge is 0.309 e. The highest BCUT2D eigenvalue weighted by Gasteiger charge is 2.23. The summed E-state index contributed by atoms with van der Waals surface area (Å²) < 4.78 is 6.82. The van der Waals surface area contributed by atoms with Crippen LogP contribution in [-0.4, -0.2) is 9.13 Å². The molecule has 5 nitrogen and oxygen atoms in total. The Balaban J connectivity index is 1.44. The van der Waals surface area contributed by atoms with Crippen LogP contribution in [0.5, 0.6) is 0 Å². The summed E-state index contributed by atoms with van der Waals surface area (Å²) in [6.07, 6.45) is 0. The summed E-state index contributed by atoms with van der Waals surface area (Å²) in [6, 6.07) is 45.9. The normalized spacial score (nSPS) is 11.5. The van der Waals surface area contributed by atoms with Crippen molar-refractivity contribution in [3.8, 4) is 29.6 Å². The summed E-state index contributed by atoms with van der Waals surface area (Å²) in [5.74, 6) is 0. The Morgan fingerprint density at radius 2 is 1.00 bits per heavy atom. The van der Waals surface area contributed by atoms with Gasteiger partial charge in [-0.1, -0.05) is 66.7 Å². The second-order valence-electron chi connectivity index (χ2n) is 11.0. The molecule has 9 aromatic rings. The van der Waals surface area contributed by atoms with Crippen LogP contribution in [0.4, 0.5) is 0 Å². The molecular formula is C39H19N5S. The maximum absolute atomic E-state index is 10.2. The number of benzene rings is 6. The van der Waals surface area contributed by atoms with Gasteiger partial charge in [-0.15, -0.1) is 11.3 Å². The lowest BCUT2D eigenvalue weighted by Crippen LogP contribution is -2.01. The van der Waals surface area contributed by atoms with E-state index in [0.717, 1.165) is 27.5 Å². The second-order valence-corrected chi connectivity index (χ2v) is 12.1. The quantitative estimate of drug-likeness (QED) is 0.201. The van der Waals surface area contributed by atoms with E-state index in [0.29, 0.717) is 5.69 Å². The number of rotatable bonds is 2. The lowest BCUT2D eigenvalue weighted by atomic mass is 10.0. The smallest absolute Gasteiger partial charge is 0.103 e. The molecule has 0 unspecified atom stereocenters. The summed E-state index contributed by atoms with van der Waals surface area (Å²) in [5.41, 5.74) is 6.44. The SMILES string of the molecule is N#Cc1ccc(-n2c3ccccc3c3c4sc5c(ccc6c5c5ccccc5n6-c5ccccc5)c4ccc32)c(C#N)c1C#N. The monoisotopic (exact) mass is 589 g/mol. The number of hydrogen-bond donors (Lipinski definition) is 0. The highest BCUT2D eigenvalue weighted by Crippen LogP contribution is 2.47. The number of fused-ring (bicyclic) bond motifs is 11. The maximum atomic E-state index is 10.2. The molecule has 45 heavy (non-hydrogen) atoms. The molecule has 9 rings (SSSR count). The van der Waals surface area contributed by atoms with Gasteiger partial charge in [-0.25, -0.2) is 0 Å². The molecule has 0 aliphatic rings. The van der Waals surface area contributed by atoms with E-state index in [1.165, 1.54) is 42.0 Å². The third kappa shape index (κ3) is 3.28. The number of aromatic nitrogens is 2. The van der Waals surface area contributed by atoms with Crippen LogP contribution in [0, 0.1) is 34.0 Å². The third-order valence-electron chi connectivity index (χ3n) is 8.86. The van der Waals surface area contributed by atoms with Crippen molar-refractivity contribution >= 4 is 75.1 Å². The molecule has 3 heterocycles. The van der Waals surface area contributed by atoms with Crippen molar-refractivity contribution in [2.24, 2.45) is 0 Å². The number of nitrogens with zero attached hydrogens (tertiary/aromatic N) is 5. The van der Waals surface area contributed by atoms with Crippen molar-refractivity contribution in [1.82, 2.24) is 9.13 Å². The maximum Gasteiger partial charge on any atom is 0.103 e. The predicted molar refractivity (Wildman–Crippen MR) is 182 cm³/mol. The minimum Gasteiger partial charge on any atom is -0.309 e. The van der Waals surface area contributed by atoms with E-state index in [4.69, 9.17) is 0 Å².